The summed E-state index contributed by atoms with van der Waals surface area (Å²) in [6.45, 7) is 3.93. The quantitative estimate of drug-likeness (QED) is 0.923. The molecule has 0 spiro atoms. The van der Waals surface area contributed by atoms with Gasteiger partial charge in [0.15, 0.2) is 5.03 Å². The van der Waals surface area contributed by atoms with E-state index < -0.39 is 10.0 Å². The molecule has 0 unspecified atom stereocenters. The Labute approximate surface area is 123 Å². The van der Waals surface area contributed by atoms with Crippen molar-refractivity contribution >= 4 is 21.6 Å². The Morgan fingerprint density at radius 3 is 2.70 bits per heavy atom. The van der Waals surface area contributed by atoms with Gasteiger partial charge in [-0.2, -0.15) is 4.31 Å². The highest BCUT2D eigenvalue weighted by Gasteiger charge is 2.28. The number of rotatable bonds is 5. The Kier molecular flexibility index (Phi) is 4.47. The van der Waals surface area contributed by atoms with Crippen LogP contribution in [0.2, 0.25) is 5.02 Å². The number of nitrogens with one attached hydrogen (secondary N) is 1. The molecule has 0 saturated carbocycles. The molecule has 0 aliphatic heterocycles. The number of aromatic nitrogens is 2. The molecular weight excluding hydrogens is 298 g/mol. The van der Waals surface area contributed by atoms with Gasteiger partial charge in [0.25, 0.3) is 10.0 Å². The number of H-pyrrole nitrogens is 1. The average Bonchev–Trinajstić information content (AvgIpc) is 2.90. The number of benzene rings is 1. The van der Waals surface area contributed by atoms with Gasteiger partial charge in [-0.05, 0) is 31.5 Å². The number of nitrogens with zero attached hydrogens (tertiary/aromatic N) is 2. The van der Waals surface area contributed by atoms with E-state index in [1.165, 1.54) is 16.8 Å². The third-order valence-electron chi connectivity index (χ3n) is 2.86. The van der Waals surface area contributed by atoms with Crippen LogP contribution >= 0.6 is 11.6 Å². The molecule has 5 nitrogen and oxygen atoms in total. The zero-order valence-corrected chi connectivity index (χ0v) is 12.8. The highest BCUT2D eigenvalue weighted by molar-refractivity contribution is 7.89. The molecule has 0 radical (unpaired) electrons. The first kappa shape index (κ1) is 15.0. The summed E-state index contributed by atoms with van der Waals surface area (Å²) in [6.07, 6.45) is 2.66. The van der Waals surface area contributed by atoms with Crippen LogP contribution in [0.25, 0.3) is 0 Å². The first-order valence-corrected chi connectivity index (χ1v) is 7.97. The van der Waals surface area contributed by atoms with Crippen molar-refractivity contribution in [2.45, 2.75) is 31.5 Å². The molecule has 1 heterocycles. The third-order valence-corrected chi connectivity index (χ3v) is 5.05. The molecule has 0 aliphatic carbocycles. The predicted octanol–water partition coefficient (Wildman–Crippen LogP) is 2.66. The van der Waals surface area contributed by atoms with Crippen molar-refractivity contribution in [2.24, 2.45) is 0 Å². The highest BCUT2D eigenvalue weighted by atomic mass is 35.5. The highest BCUT2D eigenvalue weighted by Crippen LogP contribution is 2.20. The smallest absolute Gasteiger partial charge is 0.260 e. The lowest BCUT2D eigenvalue weighted by Crippen LogP contribution is -2.36. The Morgan fingerprint density at radius 1 is 1.40 bits per heavy atom. The normalized spacial score (nSPS) is 12.2. The van der Waals surface area contributed by atoms with Crippen molar-refractivity contribution in [3.05, 3.63) is 47.4 Å². The van der Waals surface area contributed by atoms with Crippen molar-refractivity contribution in [1.82, 2.24) is 14.3 Å². The minimum absolute atomic E-state index is 0.0910. The summed E-state index contributed by atoms with van der Waals surface area (Å²) in [5.74, 6) is 0. The second-order valence-electron chi connectivity index (χ2n) is 4.69. The molecule has 1 aromatic heterocycles. The molecule has 0 saturated heterocycles. The lowest BCUT2D eigenvalue weighted by Gasteiger charge is -2.25. The summed E-state index contributed by atoms with van der Waals surface area (Å²) >= 11 is 5.94. The molecular formula is C13H16ClN3O2S. The summed E-state index contributed by atoms with van der Waals surface area (Å²) in [5, 5.41) is 0.679. The molecule has 0 atom stereocenters. The molecule has 0 fully saturated rings. The number of sulfonamides is 1. The predicted molar refractivity (Wildman–Crippen MR) is 77.9 cm³/mol. The van der Waals surface area contributed by atoms with Crippen LogP contribution in [0.5, 0.6) is 0 Å². The Hall–Kier alpha value is -1.37. The maximum absolute atomic E-state index is 12.5. The second kappa shape index (κ2) is 5.95. The molecule has 1 N–H and O–H groups in total. The lowest BCUT2D eigenvalue weighted by atomic mass is 10.2. The van der Waals surface area contributed by atoms with Crippen LogP contribution in [-0.4, -0.2) is 28.7 Å². The molecule has 0 aliphatic rings. The van der Waals surface area contributed by atoms with E-state index in [1.54, 1.807) is 18.2 Å². The molecule has 108 valence electrons. The number of aromatic amines is 1. The fourth-order valence-corrected chi connectivity index (χ4v) is 3.61. The first-order valence-electron chi connectivity index (χ1n) is 6.16. The van der Waals surface area contributed by atoms with Crippen molar-refractivity contribution in [1.29, 1.82) is 0 Å². The average molecular weight is 314 g/mol. The summed E-state index contributed by atoms with van der Waals surface area (Å²) in [7, 11) is -3.60. The van der Waals surface area contributed by atoms with Gasteiger partial charge in [-0.15, -0.1) is 0 Å². The molecule has 0 bridgehead atoms. The zero-order chi connectivity index (χ0) is 14.8. The van der Waals surface area contributed by atoms with Crippen molar-refractivity contribution in [3.63, 3.8) is 0 Å². The van der Waals surface area contributed by atoms with Gasteiger partial charge in [0.2, 0.25) is 0 Å². The van der Waals surface area contributed by atoms with Gasteiger partial charge in [0.1, 0.15) is 0 Å². The Bertz CT molecular complexity index is 669. The Morgan fingerprint density at radius 2 is 2.15 bits per heavy atom. The van der Waals surface area contributed by atoms with Crippen molar-refractivity contribution in [2.75, 3.05) is 0 Å². The number of hydrogen-bond acceptors (Lipinski definition) is 3. The topological polar surface area (TPSA) is 66.1 Å². The van der Waals surface area contributed by atoms with Crippen LogP contribution in [0.3, 0.4) is 0 Å². The van der Waals surface area contributed by atoms with Crippen LogP contribution in [0.15, 0.2) is 41.8 Å². The van der Waals surface area contributed by atoms with E-state index in [4.69, 9.17) is 11.6 Å². The van der Waals surface area contributed by atoms with E-state index in [1.807, 2.05) is 19.9 Å². The molecule has 2 aromatic rings. The van der Waals surface area contributed by atoms with Gasteiger partial charge < -0.3 is 4.98 Å². The minimum atomic E-state index is -3.60. The maximum Gasteiger partial charge on any atom is 0.260 e. The monoisotopic (exact) mass is 313 g/mol. The molecule has 0 amide bonds. The molecule has 1 aromatic carbocycles. The lowest BCUT2D eigenvalue weighted by molar-refractivity contribution is 0.347. The maximum atomic E-state index is 12.5. The standard InChI is InChI=1S/C13H16ClN3O2S/c1-10(2)17(8-11-4-3-5-12(14)6-11)20(18,19)13-7-15-9-16-13/h3-7,9-10H,8H2,1-2H3,(H,15,16). The van der Waals surface area contributed by atoms with Crippen molar-refractivity contribution in [3.8, 4) is 0 Å². The van der Waals surface area contributed by atoms with Crippen LogP contribution in [0, 0.1) is 0 Å². The van der Waals surface area contributed by atoms with E-state index in [9.17, 15) is 8.42 Å². The third kappa shape index (κ3) is 3.20. The van der Waals surface area contributed by atoms with Gasteiger partial charge in [-0.25, -0.2) is 13.4 Å². The molecule has 2 rings (SSSR count). The van der Waals surface area contributed by atoms with Gasteiger partial charge in [-0.1, -0.05) is 23.7 Å². The summed E-state index contributed by atoms with van der Waals surface area (Å²) in [4.78, 5) is 6.41. The fraction of sp³-hybridized carbons (Fsp3) is 0.308. The summed E-state index contributed by atoms with van der Waals surface area (Å²) in [6, 6.07) is 7.00. The van der Waals surface area contributed by atoms with E-state index in [0.717, 1.165) is 5.56 Å². The summed E-state index contributed by atoms with van der Waals surface area (Å²) < 4.78 is 26.5. The van der Waals surface area contributed by atoms with E-state index >= 15 is 0 Å². The van der Waals surface area contributed by atoms with Crippen molar-refractivity contribution < 1.29 is 8.42 Å². The number of hydrogen-bond donors (Lipinski definition) is 1. The largest absolute Gasteiger partial charge is 0.335 e. The van der Waals surface area contributed by atoms with E-state index in [2.05, 4.69) is 9.97 Å². The van der Waals surface area contributed by atoms with Crippen LogP contribution in [0.4, 0.5) is 0 Å². The van der Waals surface area contributed by atoms with E-state index in [0.29, 0.717) is 5.02 Å². The van der Waals surface area contributed by atoms with Crippen LogP contribution < -0.4 is 0 Å². The van der Waals surface area contributed by atoms with Crippen LogP contribution in [0.1, 0.15) is 19.4 Å². The van der Waals surface area contributed by atoms with Crippen LogP contribution in [-0.2, 0) is 16.6 Å². The first-order chi connectivity index (χ1) is 9.41. The zero-order valence-electron chi connectivity index (χ0n) is 11.2. The second-order valence-corrected chi connectivity index (χ2v) is 6.99. The van der Waals surface area contributed by atoms with Gasteiger partial charge >= 0.3 is 0 Å². The van der Waals surface area contributed by atoms with E-state index in [-0.39, 0.29) is 17.6 Å². The Balaban J connectivity index is 2.33. The SMILES string of the molecule is CC(C)N(Cc1cccc(Cl)c1)S(=O)(=O)c1cnc[nH]1. The van der Waals surface area contributed by atoms with Gasteiger partial charge in [-0.3, -0.25) is 0 Å². The van der Waals surface area contributed by atoms with Gasteiger partial charge in [0, 0.05) is 17.6 Å². The number of imidazole rings is 1. The molecule has 20 heavy (non-hydrogen) atoms. The number of halogens is 1. The fourth-order valence-electron chi connectivity index (χ4n) is 1.87. The minimum Gasteiger partial charge on any atom is -0.335 e. The molecule has 7 heteroatoms. The van der Waals surface area contributed by atoms with Gasteiger partial charge in [0.05, 0.1) is 12.5 Å². The summed E-state index contributed by atoms with van der Waals surface area (Å²) in [5.41, 5.74) is 0.842.